The SMILES string of the molecule is CCCCC(NS(=O)(=O)c1ccc(OC(F)F)c(Cl)c1)C(=O)O. The predicted octanol–water partition coefficient (Wildman–Crippen LogP) is 2.86. The van der Waals surface area contributed by atoms with Crippen LogP contribution in [0.3, 0.4) is 0 Å². The molecular formula is C13H16ClF2NO5S. The Hall–Kier alpha value is -1.45. The van der Waals surface area contributed by atoms with Crippen molar-refractivity contribution in [2.45, 2.75) is 43.7 Å². The summed E-state index contributed by atoms with van der Waals surface area (Å²) in [7, 11) is -4.16. The van der Waals surface area contributed by atoms with Crippen LogP contribution in [-0.2, 0) is 14.8 Å². The van der Waals surface area contributed by atoms with Gasteiger partial charge in [0.25, 0.3) is 0 Å². The second-order valence-corrected chi connectivity index (χ2v) is 6.75. The first-order valence-electron chi connectivity index (χ1n) is 6.67. The molecule has 0 aromatic heterocycles. The number of nitrogens with one attached hydrogen (secondary N) is 1. The van der Waals surface area contributed by atoms with Crippen LogP contribution in [0, 0.1) is 0 Å². The second kappa shape index (κ2) is 8.42. The summed E-state index contributed by atoms with van der Waals surface area (Å²) in [5, 5.41) is 8.73. The highest BCUT2D eigenvalue weighted by Crippen LogP contribution is 2.28. The normalized spacial score (nSPS) is 13.1. The van der Waals surface area contributed by atoms with Gasteiger partial charge in [-0.1, -0.05) is 31.4 Å². The molecule has 23 heavy (non-hydrogen) atoms. The Morgan fingerprint density at radius 1 is 1.43 bits per heavy atom. The van der Waals surface area contributed by atoms with E-state index in [1.54, 1.807) is 0 Å². The maximum Gasteiger partial charge on any atom is 0.387 e. The van der Waals surface area contributed by atoms with Gasteiger partial charge in [0.05, 0.1) is 9.92 Å². The molecule has 0 heterocycles. The molecule has 0 bridgehead atoms. The summed E-state index contributed by atoms with van der Waals surface area (Å²) < 4.78 is 54.8. The summed E-state index contributed by atoms with van der Waals surface area (Å²) in [6.07, 6.45) is 1.36. The Labute approximate surface area is 137 Å². The van der Waals surface area contributed by atoms with Gasteiger partial charge in [0.15, 0.2) is 0 Å². The Bertz CT molecular complexity index is 654. The Morgan fingerprint density at radius 2 is 2.09 bits per heavy atom. The molecule has 0 aliphatic carbocycles. The minimum absolute atomic E-state index is 0.130. The zero-order valence-corrected chi connectivity index (χ0v) is 13.7. The van der Waals surface area contributed by atoms with Gasteiger partial charge in [0.1, 0.15) is 11.8 Å². The van der Waals surface area contributed by atoms with Crippen molar-refractivity contribution in [3.63, 3.8) is 0 Å². The number of ether oxygens (including phenoxy) is 1. The summed E-state index contributed by atoms with van der Waals surface area (Å²) in [6, 6.07) is 1.62. The fourth-order valence-electron chi connectivity index (χ4n) is 1.74. The van der Waals surface area contributed by atoms with Crippen molar-refractivity contribution in [3.8, 4) is 5.75 Å². The van der Waals surface area contributed by atoms with Crippen molar-refractivity contribution in [2.24, 2.45) is 0 Å². The van der Waals surface area contributed by atoms with Crippen LogP contribution >= 0.6 is 11.6 Å². The van der Waals surface area contributed by atoms with Crippen LogP contribution in [0.2, 0.25) is 5.02 Å². The second-order valence-electron chi connectivity index (χ2n) is 4.63. The molecule has 10 heteroatoms. The lowest BCUT2D eigenvalue weighted by molar-refractivity contribution is -0.139. The Kier molecular flexibility index (Phi) is 7.17. The molecule has 0 fully saturated rings. The van der Waals surface area contributed by atoms with E-state index < -0.39 is 28.6 Å². The van der Waals surface area contributed by atoms with Crippen LogP contribution in [0.15, 0.2) is 23.1 Å². The van der Waals surface area contributed by atoms with E-state index in [2.05, 4.69) is 9.46 Å². The van der Waals surface area contributed by atoms with Crippen molar-refractivity contribution in [1.82, 2.24) is 4.72 Å². The molecule has 0 saturated carbocycles. The largest absolute Gasteiger partial charge is 0.480 e. The van der Waals surface area contributed by atoms with Crippen LogP contribution in [0.25, 0.3) is 0 Å². The third kappa shape index (κ3) is 5.92. The molecule has 1 atom stereocenters. The van der Waals surface area contributed by atoms with Crippen molar-refractivity contribution in [3.05, 3.63) is 23.2 Å². The molecule has 1 rings (SSSR count). The molecule has 0 amide bonds. The fraction of sp³-hybridized carbons (Fsp3) is 0.462. The van der Waals surface area contributed by atoms with E-state index in [0.29, 0.717) is 12.8 Å². The van der Waals surface area contributed by atoms with Crippen molar-refractivity contribution in [2.75, 3.05) is 0 Å². The van der Waals surface area contributed by atoms with E-state index in [1.165, 1.54) is 0 Å². The molecule has 1 aromatic rings. The number of hydrogen-bond donors (Lipinski definition) is 2. The summed E-state index contributed by atoms with van der Waals surface area (Å²) in [5.74, 6) is -1.67. The van der Waals surface area contributed by atoms with Gasteiger partial charge in [-0.25, -0.2) is 8.42 Å². The maximum absolute atomic E-state index is 12.2. The highest BCUT2D eigenvalue weighted by Gasteiger charge is 2.25. The van der Waals surface area contributed by atoms with E-state index in [9.17, 15) is 22.0 Å². The molecule has 0 radical (unpaired) electrons. The molecule has 0 aliphatic rings. The first-order chi connectivity index (χ1) is 10.7. The molecule has 130 valence electrons. The van der Waals surface area contributed by atoms with E-state index in [-0.39, 0.29) is 22.1 Å². The average Bonchev–Trinajstić information content (AvgIpc) is 2.44. The highest BCUT2D eigenvalue weighted by molar-refractivity contribution is 7.89. The van der Waals surface area contributed by atoms with Crippen molar-refractivity contribution >= 4 is 27.6 Å². The van der Waals surface area contributed by atoms with Gasteiger partial charge in [-0.15, -0.1) is 0 Å². The lowest BCUT2D eigenvalue weighted by atomic mass is 10.1. The zero-order chi connectivity index (χ0) is 17.6. The number of aliphatic carboxylic acids is 1. The van der Waals surface area contributed by atoms with E-state index >= 15 is 0 Å². The number of benzene rings is 1. The summed E-state index contributed by atoms with van der Waals surface area (Å²) >= 11 is 5.70. The van der Waals surface area contributed by atoms with Gasteiger partial charge >= 0.3 is 12.6 Å². The minimum atomic E-state index is -4.16. The number of rotatable bonds is 9. The van der Waals surface area contributed by atoms with Crippen LogP contribution in [0.1, 0.15) is 26.2 Å². The Morgan fingerprint density at radius 3 is 2.57 bits per heavy atom. The van der Waals surface area contributed by atoms with Gasteiger partial charge in [-0.2, -0.15) is 13.5 Å². The minimum Gasteiger partial charge on any atom is -0.480 e. The highest BCUT2D eigenvalue weighted by atomic mass is 35.5. The maximum atomic E-state index is 12.2. The van der Waals surface area contributed by atoms with Crippen LogP contribution in [0.4, 0.5) is 8.78 Å². The molecule has 1 aromatic carbocycles. The first kappa shape index (κ1) is 19.6. The third-order valence-corrected chi connectivity index (χ3v) is 4.64. The van der Waals surface area contributed by atoms with Crippen LogP contribution in [-0.4, -0.2) is 32.1 Å². The van der Waals surface area contributed by atoms with Gasteiger partial charge in [0, 0.05) is 0 Å². The molecule has 0 spiro atoms. The molecule has 0 saturated heterocycles. The molecule has 2 N–H and O–H groups in total. The summed E-state index contributed by atoms with van der Waals surface area (Å²) in [4.78, 5) is 10.8. The van der Waals surface area contributed by atoms with E-state index in [0.717, 1.165) is 18.2 Å². The number of carboxylic acids is 1. The quantitative estimate of drug-likeness (QED) is 0.696. The first-order valence-corrected chi connectivity index (χ1v) is 8.53. The summed E-state index contributed by atoms with van der Waals surface area (Å²) in [6.45, 7) is -1.26. The number of unbranched alkanes of at least 4 members (excludes halogenated alkanes) is 1. The summed E-state index contributed by atoms with van der Waals surface area (Å²) in [5.41, 5.74) is 0. The topological polar surface area (TPSA) is 92.7 Å². The monoisotopic (exact) mass is 371 g/mol. The van der Waals surface area contributed by atoms with Gasteiger partial charge in [0.2, 0.25) is 10.0 Å². The molecule has 1 unspecified atom stereocenters. The Balaban J connectivity index is 2.99. The van der Waals surface area contributed by atoms with E-state index in [4.69, 9.17) is 16.7 Å². The zero-order valence-electron chi connectivity index (χ0n) is 12.1. The average molecular weight is 372 g/mol. The lowest BCUT2D eigenvalue weighted by Crippen LogP contribution is -2.40. The van der Waals surface area contributed by atoms with Crippen molar-refractivity contribution < 1.29 is 31.8 Å². The number of carbonyl (C=O) groups is 1. The van der Waals surface area contributed by atoms with Crippen LogP contribution in [0.5, 0.6) is 5.75 Å². The molecular weight excluding hydrogens is 356 g/mol. The van der Waals surface area contributed by atoms with Gasteiger partial charge < -0.3 is 9.84 Å². The van der Waals surface area contributed by atoms with Gasteiger partial charge in [-0.05, 0) is 24.6 Å². The fourth-order valence-corrected chi connectivity index (χ4v) is 3.28. The molecule has 6 nitrogen and oxygen atoms in total. The third-order valence-electron chi connectivity index (χ3n) is 2.87. The molecule has 0 aliphatic heterocycles. The standard InChI is InChI=1S/C13H16ClF2NO5S/c1-2-3-4-10(12(18)19)17-23(20,21)8-5-6-11(9(14)7-8)22-13(15)16/h5-7,10,13,17H,2-4H2,1H3,(H,18,19). The number of alkyl halides is 2. The van der Waals surface area contributed by atoms with Crippen LogP contribution < -0.4 is 9.46 Å². The number of carboxylic acid groups (broad SMARTS) is 1. The smallest absolute Gasteiger partial charge is 0.387 e. The van der Waals surface area contributed by atoms with E-state index in [1.807, 2.05) is 6.92 Å². The number of halogens is 3. The number of hydrogen-bond acceptors (Lipinski definition) is 4. The number of sulfonamides is 1. The van der Waals surface area contributed by atoms with Gasteiger partial charge in [-0.3, -0.25) is 4.79 Å². The lowest BCUT2D eigenvalue weighted by Gasteiger charge is -2.15. The van der Waals surface area contributed by atoms with Crippen molar-refractivity contribution in [1.29, 1.82) is 0 Å². The predicted molar refractivity (Wildman–Crippen MR) is 79.4 cm³/mol.